The molecule has 1 amide bonds. The lowest BCUT2D eigenvalue weighted by molar-refractivity contribution is -0.130. The SMILES string of the molecule is Cc1cccc(CN2CCN(C(=O)CSc3nnc(-c4cccnc4)n3Cc3ccco3)CC2)c1. The molecular formula is C26H28N6O2S. The summed E-state index contributed by atoms with van der Waals surface area (Å²) >= 11 is 1.41. The number of nitrogens with zero attached hydrogens (tertiary/aromatic N) is 6. The second kappa shape index (κ2) is 10.9. The van der Waals surface area contributed by atoms with Gasteiger partial charge < -0.3 is 9.32 Å². The lowest BCUT2D eigenvalue weighted by Crippen LogP contribution is -2.48. The maximum Gasteiger partial charge on any atom is 0.233 e. The standard InChI is InChI=1S/C26H28N6O2S/c1-20-5-2-6-21(15-20)17-30-10-12-31(13-11-30)24(33)19-35-26-29-28-25(22-7-3-9-27-16-22)32(26)18-23-8-4-14-34-23/h2-9,14-16H,10-13,17-19H2,1H3. The summed E-state index contributed by atoms with van der Waals surface area (Å²) in [6.07, 6.45) is 5.14. The molecule has 0 bridgehead atoms. The second-order valence-corrected chi connectivity index (χ2v) is 9.59. The summed E-state index contributed by atoms with van der Waals surface area (Å²) in [5, 5.41) is 9.46. The molecule has 8 nitrogen and oxygen atoms in total. The third-order valence-corrected chi connectivity index (χ3v) is 7.02. The normalized spacial score (nSPS) is 14.4. The number of aryl methyl sites for hydroxylation is 1. The van der Waals surface area contributed by atoms with Crippen molar-refractivity contribution in [1.29, 1.82) is 0 Å². The molecule has 4 heterocycles. The van der Waals surface area contributed by atoms with Crippen molar-refractivity contribution >= 4 is 17.7 Å². The Kier molecular flexibility index (Phi) is 7.25. The molecular weight excluding hydrogens is 460 g/mol. The van der Waals surface area contributed by atoms with Crippen LogP contribution in [-0.4, -0.2) is 67.4 Å². The molecule has 1 aromatic carbocycles. The highest BCUT2D eigenvalue weighted by Crippen LogP contribution is 2.25. The summed E-state index contributed by atoms with van der Waals surface area (Å²) in [6, 6.07) is 16.2. The summed E-state index contributed by atoms with van der Waals surface area (Å²) < 4.78 is 7.53. The van der Waals surface area contributed by atoms with Gasteiger partial charge in [-0.1, -0.05) is 41.6 Å². The molecule has 0 N–H and O–H groups in total. The quantitative estimate of drug-likeness (QED) is 0.350. The maximum absolute atomic E-state index is 13.0. The zero-order valence-corrected chi connectivity index (χ0v) is 20.5. The van der Waals surface area contributed by atoms with Crippen molar-refractivity contribution in [3.8, 4) is 11.4 Å². The van der Waals surface area contributed by atoms with Gasteiger partial charge in [0.15, 0.2) is 11.0 Å². The molecule has 5 rings (SSSR count). The molecule has 1 saturated heterocycles. The van der Waals surface area contributed by atoms with Gasteiger partial charge in [-0.2, -0.15) is 0 Å². The number of piperazine rings is 1. The van der Waals surface area contributed by atoms with Crippen molar-refractivity contribution in [3.05, 3.63) is 84.1 Å². The molecule has 4 aromatic rings. The van der Waals surface area contributed by atoms with Crippen molar-refractivity contribution in [2.75, 3.05) is 31.9 Å². The topological polar surface area (TPSA) is 80.3 Å². The summed E-state index contributed by atoms with van der Waals surface area (Å²) in [5.74, 6) is 1.95. The van der Waals surface area contributed by atoms with E-state index in [0.717, 1.165) is 44.0 Å². The number of aromatic nitrogens is 4. The summed E-state index contributed by atoms with van der Waals surface area (Å²) in [7, 11) is 0. The largest absolute Gasteiger partial charge is 0.467 e. The molecule has 35 heavy (non-hydrogen) atoms. The number of rotatable bonds is 8. The molecule has 0 radical (unpaired) electrons. The van der Waals surface area contributed by atoms with E-state index in [1.165, 1.54) is 22.9 Å². The van der Waals surface area contributed by atoms with Crippen molar-refractivity contribution in [2.45, 2.75) is 25.2 Å². The second-order valence-electron chi connectivity index (χ2n) is 8.65. The first-order valence-corrected chi connectivity index (χ1v) is 12.7. The Morgan fingerprint density at radius 1 is 1.03 bits per heavy atom. The third-order valence-electron chi connectivity index (χ3n) is 6.07. The van der Waals surface area contributed by atoms with Crippen LogP contribution in [0, 0.1) is 6.92 Å². The minimum Gasteiger partial charge on any atom is -0.467 e. The van der Waals surface area contributed by atoms with Gasteiger partial charge in [0, 0.05) is 50.7 Å². The first-order valence-electron chi connectivity index (χ1n) is 11.7. The van der Waals surface area contributed by atoms with E-state index < -0.39 is 0 Å². The van der Waals surface area contributed by atoms with E-state index in [1.807, 2.05) is 33.7 Å². The zero-order valence-electron chi connectivity index (χ0n) is 19.7. The minimum absolute atomic E-state index is 0.126. The fraction of sp³-hybridized carbons (Fsp3) is 0.308. The predicted molar refractivity (Wildman–Crippen MR) is 135 cm³/mol. The van der Waals surface area contributed by atoms with E-state index in [2.05, 4.69) is 51.3 Å². The van der Waals surface area contributed by atoms with E-state index in [9.17, 15) is 4.79 Å². The smallest absolute Gasteiger partial charge is 0.233 e. The average Bonchev–Trinajstić information content (AvgIpc) is 3.54. The van der Waals surface area contributed by atoms with E-state index >= 15 is 0 Å². The average molecular weight is 489 g/mol. The van der Waals surface area contributed by atoms with Crippen LogP contribution in [0.15, 0.2) is 76.8 Å². The molecule has 0 atom stereocenters. The van der Waals surface area contributed by atoms with Crippen LogP contribution in [0.2, 0.25) is 0 Å². The highest BCUT2D eigenvalue weighted by molar-refractivity contribution is 7.99. The lowest BCUT2D eigenvalue weighted by atomic mass is 10.1. The molecule has 9 heteroatoms. The fourth-order valence-electron chi connectivity index (χ4n) is 4.25. The van der Waals surface area contributed by atoms with Crippen LogP contribution in [0.1, 0.15) is 16.9 Å². The molecule has 1 fully saturated rings. The van der Waals surface area contributed by atoms with E-state index in [-0.39, 0.29) is 5.91 Å². The highest BCUT2D eigenvalue weighted by Gasteiger charge is 2.23. The monoisotopic (exact) mass is 488 g/mol. The van der Waals surface area contributed by atoms with Crippen molar-refractivity contribution in [1.82, 2.24) is 29.5 Å². The Morgan fingerprint density at radius 3 is 2.66 bits per heavy atom. The Morgan fingerprint density at radius 2 is 1.91 bits per heavy atom. The van der Waals surface area contributed by atoms with Gasteiger partial charge in [0.25, 0.3) is 0 Å². The maximum atomic E-state index is 13.0. The van der Waals surface area contributed by atoms with Crippen molar-refractivity contribution < 1.29 is 9.21 Å². The molecule has 0 unspecified atom stereocenters. The zero-order chi connectivity index (χ0) is 24.0. The van der Waals surface area contributed by atoms with Crippen molar-refractivity contribution in [3.63, 3.8) is 0 Å². The number of benzene rings is 1. The number of carbonyl (C=O) groups excluding carboxylic acids is 1. The van der Waals surface area contributed by atoms with Gasteiger partial charge in [0.2, 0.25) is 5.91 Å². The summed E-state index contributed by atoms with van der Waals surface area (Å²) in [5.41, 5.74) is 3.47. The number of furan rings is 1. The van der Waals surface area contributed by atoms with E-state index in [1.54, 1.807) is 18.7 Å². The first-order chi connectivity index (χ1) is 17.2. The van der Waals surface area contributed by atoms with Crippen LogP contribution in [0.25, 0.3) is 11.4 Å². The molecule has 1 aliphatic rings. The number of amides is 1. The lowest BCUT2D eigenvalue weighted by Gasteiger charge is -2.34. The number of carbonyl (C=O) groups is 1. The van der Waals surface area contributed by atoms with E-state index in [4.69, 9.17) is 4.42 Å². The van der Waals surface area contributed by atoms with Crippen LogP contribution in [-0.2, 0) is 17.9 Å². The molecule has 3 aromatic heterocycles. The van der Waals surface area contributed by atoms with Gasteiger partial charge in [0.1, 0.15) is 5.76 Å². The van der Waals surface area contributed by atoms with Gasteiger partial charge in [-0.25, -0.2) is 0 Å². The molecule has 0 saturated carbocycles. The Bertz CT molecular complexity index is 1250. The molecule has 0 aliphatic carbocycles. The Hall–Kier alpha value is -3.43. The number of hydrogen-bond acceptors (Lipinski definition) is 7. The molecule has 180 valence electrons. The van der Waals surface area contributed by atoms with Crippen LogP contribution >= 0.6 is 11.8 Å². The van der Waals surface area contributed by atoms with Crippen LogP contribution in [0.3, 0.4) is 0 Å². The van der Waals surface area contributed by atoms with Gasteiger partial charge in [0.05, 0.1) is 18.6 Å². The van der Waals surface area contributed by atoms with Crippen LogP contribution in [0.4, 0.5) is 0 Å². The summed E-state index contributed by atoms with van der Waals surface area (Å²) in [4.78, 5) is 21.6. The van der Waals surface area contributed by atoms with E-state index in [0.29, 0.717) is 23.3 Å². The molecule has 1 aliphatic heterocycles. The number of hydrogen-bond donors (Lipinski definition) is 0. The van der Waals surface area contributed by atoms with Gasteiger partial charge in [-0.05, 0) is 36.8 Å². The number of thioether (sulfide) groups is 1. The number of pyridine rings is 1. The minimum atomic E-state index is 0.126. The van der Waals surface area contributed by atoms with Crippen LogP contribution < -0.4 is 0 Å². The molecule has 0 spiro atoms. The summed E-state index contributed by atoms with van der Waals surface area (Å²) in [6.45, 7) is 6.77. The van der Waals surface area contributed by atoms with Gasteiger partial charge in [-0.3, -0.25) is 19.2 Å². The third kappa shape index (κ3) is 5.80. The Labute approximate surface area is 209 Å². The highest BCUT2D eigenvalue weighted by atomic mass is 32.2. The van der Waals surface area contributed by atoms with Crippen molar-refractivity contribution in [2.24, 2.45) is 0 Å². The first kappa shape index (κ1) is 23.3. The van der Waals surface area contributed by atoms with Crippen LogP contribution in [0.5, 0.6) is 0 Å². The van der Waals surface area contributed by atoms with Gasteiger partial charge in [-0.15, -0.1) is 10.2 Å². The Balaban J connectivity index is 1.20. The predicted octanol–water partition coefficient (Wildman–Crippen LogP) is 3.73. The fourth-order valence-corrected chi connectivity index (χ4v) is 5.09. The van der Waals surface area contributed by atoms with Gasteiger partial charge >= 0.3 is 0 Å².